The largest absolute Gasteiger partial charge is 0.392 e. The number of hydrogen-bond acceptors (Lipinski definition) is 2. The second kappa shape index (κ2) is 5.85. The van der Waals surface area contributed by atoms with Crippen LogP contribution in [0.1, 0.15) is 11.1 Å². The Bertz CT molecular complexity index is 545. The number of rotatable bonds is 4. The van der Waals surface area contributed by atoms with Crippen LogP contribution in [0.3, 0.4) is 0 Å². The van der Waals surface area contributed by atoms with E-state index in [4.69, 9.17) is 11.6 Å². The third-order valence-electron chi connectivity index (χ3n) is 2.67. The van der Waals surface area contributed by atoms with E-state index in [0.717, 1.165) is 11.3 Å². The lowest BCUT2D eigenvalue weighted by atomic mass is 10.1. The van der Waals surface area contributed by atoms with Crippen molar-refractivity contribution in [1.82, 2.24) is 0 Å². The summed E-state index contributed by atoms with van der Waals surface area (Å²) in [5.74, 6) is -0.337. The Morgan fingerprint density at radius 1 is 1.11 bits per heavy atom. The highest BCUT2D eigenvalue weighted by molar-refractivity contribution is 6.30. The lowest BCUT2D eigenvalue weighted by molar-refractivity contribution is 0.282. The smallest absolute Gasteiger partial charge is 0.129 e. The van der Waals surface area contributed by atoms with Gasteiger partial charge in [-0.05, 0) is 18.2 Å². The fourth-order valence-corrected chi connectivity index (χ4v) is 1.84. The van der Waals surface area contributed by atoms with Crippen molar-refractivity contribution in [3.8, 4) is 0 Å². The zero-order chi connectivity index (χ0) is 13.0. The van der Waals surface area contributed by atoms with Gasteiger partial charge in [0.1, 0.15) is 5.82 Å². The van der Waals surface area contributed by atoms with Gasteiger partial charge in [0.05, 0.1) is 6.61 Å². The Balaban J connectivity index is 2.11. The van der Waals surface area contributed by atoms with Gasteiger partial charge in [-0.3, -0.25) is 0 Å². The van der Waals surface area contributed by atoms with Crippen LogP contribution in [0.5, 0.6) is 0 Å². The van der Waals surface area contributed by atoms with Crippen LogP contribution in [0.15, 0.2) is 42.5 Å². The van der Waals surface area contributed by atoms with Crippen LogP contribution in [0, 0.1) is 5.82 Å². The molecular formula is C14H13ClFNO. The number of benzene rings is 2. The summed E-state index contributed by atoms with van der Waals surface area (Å²) in [6.45, 7) is 0.298. The minimum Gasteiger partial charge on any atom is -0.392 e. The van der Waals surface area contributed by atoms with Crippen molar-refractivity contribution >= 4 is 17.3 Å². The molecule has 18 heavy (non-hydrogen) atoms. The van der Waals surface area contributed by atoms with E-state index in [2.05, 4.69) is 5.32 Å². The number of nitrogens with one attached hydrogen (secondary N) is 1. The van der Waals surface area contributed by atoms with Crippen molar-refractivity contribution in [3.05, 3.63) is 64.4 Å². The van der Waals surface area contributed by atoms with Gasteiger partial charge < -0.3 is 10.4 Å². The summed E-state index contributed by atoms with van der Waals surface area (Å²) in [4.78, 5) is 0. The standard InChI is InChI=1S/C14H13ClFNO/c15-12-6-5-10(13(16)7-12)8-17-14-4-2-1-3-11(14)9-18/h1-7,17-18H,8-9H2. The maximum absolute atomic E-state index is 13.6. The molecule has 0 spiro atoms. The molecular weight excluding hydrogens is 253 g/mol. The van der Waals surface area contributed by atoms with Gasteiger partial charge in [-0.2, -0.15) is 0 Å². The van der Waals surface area contributed by atoms with Crippen LogP contribution in [0.4, 0.5) is 10.1 Å². The van der Waals surface area contributed by atoms with Crippen LogP contribution in [-0.4, -0.2) is 5.11 Å². The molecule has 0 saturated carbocycles. The fraction of sp³-hybridized carbons (Fsp3) is 0.143. The highest BCUT2D eigenvalue weighted by Crippen LogP contribution is 2.18. The summed E-state index contributed by atoms with van der Waals surface area (Å²) in [5.41, 5.74) is 2.12. The molecule has 0 saturated heterocycles. The molecule has 0 fully saturated rings. The number of para-hydroxylation sites is 1. The Kier molecular flexibility index (Phi) is 4.18. The molecule has 2 N–H and O–H groups in total. The lowest BCUT2D eigenvalue weighted by Crippen LogP contribution is -2.04. The van der Waals surface area contributed by atoms with Gasteiger partial charge in [0.2, 0.25) is 0 Å². The van der Waals surface area contributed by atoms with E-state index >= 15 is 0 Å². The molecule has 0 aliphatic rings. The highest BCUT2D eigenvalue weighted by atomic mass is 35.5. The molecule has 0 heterocycles. The van der Waals surface area contributed by atoms with Crippen molar-refractivity contribution in [2.24, 2.45) is 0 Å². The highest BCUT2D eigenvalue weighted by Gasteiger charge is 2.04. The number of anilines is 1. The summed E-state index contributed by atoms with van der Waals surface area (Å²) >= 11 is 5.69. The summed E-state index contributed by atoms with van der Waals surface area (Å²) in [7, 11) is 0. The van der Waals surface area contributed by atoms with Crippen LogP contribution in [0.25, 0.3) is 0 Å². The summed E-state index contributed by atoms with van der Waals surface area (Å²) < 4.78 is 13.6. The molecule has 2 aromatic rings. The Morgan fingerprint density at radius 3 is 2.61 bits per heavy atom. The van der Waals surface area contributed by atoms with Crippen molar-refractivity contribution in [2.75, 3.05) is 5.32 Å². The van der Waals surface area contributed by atoms with Crippen molar-refractivity contribution in [2.45, 2.75) is 13.2 Å². The van der Waals surface area contributed by atoms with E-state index in [1.165, 1.54) is 6.07 Å². The average Bonchev–Trinajstić information content (AvgIpc) is 2.38. The number of hydrogen-bond donors (Lipinski definition) is 2. The minimum absolute atomic E-state index is 0.0493. The minimum atomic E-state index is -0.337. The normalized spacial score (nSPS) is 10.4. The number of aliphatic hydroxyl groups excluding tert-OH is 1. The molecule has 0 atom stereocenters. The average molecular weight is 266 g/mol. The molecule has 2 aromatic carbocycles. The second-order valence-electron chi connectivity index (χ2n) is 3.90. The molecule has 2 nitrogen and oxygen atoms in total. The van der Waals surface area contributed by atoms with Gasteiger partial charge in [0.25, 0.3) is 0 Å². The number of halogens is 2. The van der Waals surface area contributed by atoms with E-state index in [1.807, 2.05) is 24.3 Å². The van der Waals surface area contributed by atoms with E-state index in [1.54, 1.807) is 12.1 Å². The first-order chi connectivity index (χ1) is 8.70. The molecule has 0 amide bonds. The van der Waals surface area contributed by atoms with Crippen molar-refractivity contribution in [1.29, 1.82) is 0 Å². The van der Waals surface area contributed by atoms with Crippen molar-refractivity contribution in [3.63, 3.8) is 0 Å². The SMILES string of the molecule is OCc1ccccc1NCc1ccc(Cl)cc1F. The van der Waals surface area contributed by atoms with Crippen molar-refractivity contribution < 1.29 is 9.50 Å². The zero-order valence-corrected chi connectivity index (χ0v) is 10.4. The molecule has 0 radical (unpaired) electrons. The molecule has 4 heteroatoms. The van der Waals surface area contributed by atoms with E-state index in [9.17, 15) is 9.50 Å². The number of aliphatic hydroxyl groups is 1. The molecule has 0 aliphatic carbocycles. The summed E-state index contributed by atoms with van der Waals surface area (Å²) in [6.07, 6.45) is 0. The van der Waals surface area contributed by atoms with E-state index in [-0.39, 0.29) is 12.4 Å². The van der Waals surface area contributed by atoms with Gasteiger partial charge in [-0.1, -0.05) is 35.9 Å². The maximum atomic E-state index is 13.6. The first kappa shape index (κ1) is 12.9. The predicted octanol–water partition coefficient (Wildman–Crippen LogP) is 3.58. The van der Waals surface area contributed by atoms with Gasteiger partial charge >= 0.3 is 0 Å². The predicted molar refractivity (Wildman–Crippen MR) is 71.1 cm³/mol. The van der Waals surface area contributed by atoms with Gasteiger partial charge in [-0.15, -0.1) is 0 Å². The molecule has 0 unspecified atom stereocenters. The third-order valence-corrected chi connectivity index (χ3v) is 2.91. The summed E-state index contributed by atoms with van der Waals surface area (Å²) in [5, 5.41) is 12.7. The Hall–Kier alpha value is -1.58. The van der Waals surface area contributed by atoms with Crippen LogP contribution in [-0.2, 0) is 13.2 Å². The lowest BCUT2D eigenvalue weighted by Gasteiger charge is -2.11. The molecule has 0 aliphatic heterocycles. The molecule has 0 aromatic heterocycles. The van der Waals surface area contributed by atoms with E-state index < -0.39 is 0 Å². The Morgan fingerprint density at radius 2 is 1.89 bits per heavy atom. The van der Waals surface area contributed by atoms with Gasteiger partial charge in [0, 0.05) is 28.4 Å². The first-order valence-corrected chi connectivity index (χ1v) is 5.95. The topological polar surface area (TPSA) is 32.3 Å². The quantitative estimate of drug-likeness (QED) is 0.886. The fourth-order valence-electron chi connectivity index (χ4n) is 1.69. The summed E-state index contributed by atoms with van der Waals surface area (Å²) in [6, 6.07) is 12.0. The van der Waals surface area contributed by atoms with Gasteiger partial charge in [-0.25, -0.2) is 4.39 Å². The molecule has 94 valence electrons. The van der Waals surface area contributed by atoms with Gasteiger partial charge in [0.15, 0.2) is 0 Å². The zero-order valence-electron chi connectivity index (χ0n) is 9.66. The van der Waals surface area contributed by atoms with Crippen LogP contribution in [0.2, 0.25) is 5.02 Å². The van der Waals surface area contributed by atoms with E-state index in [0.29, 0.717) is 17.1 Å². The third kappa shape index (κ3) is 3.00. The first-order valence-electron chi connectivity index (χ1n) is 5.57. The second-order valence-corrected chi connectivity index (χ2v) is 4.34. The molecule has 2 rings (SSSR count). The monoisotopic (exact) mass is 265 g/mol. The van der Waals surface area contributed by atoms with Crippen LogP contribution < -0.4 is 5.32 Å². The Labute approximate surface area is 110 Å². The molecule has 0 bridgehead atoms. The maximum Gasteiger partial charge on any atom is 0.129 e. The van der Waals surface area contributed by atoms with Crippen LogP contribution >= 0.6 is 11.6 Å².